The summed E-state index contributed by atoms with van der Waals surface area (Å²) < 4.78 is 10.4. The van der Waals surface area contributed by atoms with E-state index < -0.39 is 6.09 Å². The number of amides is 3. The Morgan fingerprint density at radius 3 is 2.55 bits per heavy atom. The second-order valence-corrected chi connectivity index (χ2v) is 6.93. The first-order chi connectivity index (χ1) is 14.1. The topological polar surface area (TPSA) is 96.7 Å². The lowest BCUT2D eigenvalue weighted by molar-refractivity contribution is 0.186. The summed E-state index contributed by atoms with van der Waals surface area (Å²) in [5.41, 5.74) is 2.84. The van der Waals surface area contributed by atoms with Gasteiger partial charge in [-0.3, -0.25) is 5.32 Å². The number of likely N-dealkylation sites (tertiary alicyclic amines) is 1. The van der Waals surface area contributed by atoms with E-state index in [2.05, 4.69) is 20.4 Å². The van der Waals surface area contributed by atoms with Crippen molar-refractivity contribution in [3.05, 3.63) is 54.4 Å². The summed E-state index contributed by atoms with van der Waals surface area (Å²) in [5.74, 6) is 0.760. The van der Waals surface area contributed by atoms with Crippen molar-refractivity contribution < 1.29 is 18.7 Å². The molecule has 0 saturated carbocycles. The highest BCUT2D eigenvalue weighted by Gasteiger charge is 2.28. The van der Waals surface area contributed by atoms with Gasteiger partial charge in [0.25, 0.3) is 0 Å². The van der Waals surface area contributed by atoms with Crippen molar-refractivity contribution in [1.82, 2.24) is 9.88 Å². The van der Waals surface area contributed by atoms with Crippen LogP contribution in [0.2, 0.25) is 0 Å². The molecule has 29 heavy (non-hydrogen) atoms. The first-order valence-corrected chi connectivity index (χ1v) is 9.49. The molecule has 0 spiro atoms. The van der Waals surface area contributed by atoms with Crippen LogP contribution in [0.4, 0.5) is 21.0 Å². The Morgan fingerprint density at radius 2 is 1.83 bits per heavy atom. The number of carbonyl (C=O) groups is 2. The van der Waals surface area contributed by atoms with E-state index in [9.17, 15) is 9.59 Å². The molecule has 1 atom stereocenters. The number of fused-ring (bicyclic) bond motifs is 1. The zero-order valence-electron chi connectivity index (χ0n) is 16.1. The molecule has 0 bridgehead atoms. The van der Waals surface area contributed by atoms with Gasteiger partial charge in [-0.1, -0.05) is 12.1 Å². The highest BCUT2D eigenvalue weighted by molar-refractivity contribution is 5.90. The minimum Gasteiger partial charge on any atom is -0.453 e. The van der Waals surface area contributed by atoms with E-state index in [4.69, 9.17) is 4.42 Å². The number of para-hydroxylation sites is 2. The molecule has 3 aromatic rings. The average Bonchev–Trinajstić information content (AvgIpc) is 3.19. The summed E-state index contributed by atoms with van der Waals surface area (Å²) in [6, 6.07) is 14.4. The van der Waals surface area contributed by atoms with Crippen LogP contribution in [0.25, 0.3) is 11.1 Å². The second-order valence-electron chi connectivity index (χ2n) is 6.93. The lowest BCUT2D eigenvalue weighted by Crippen LogP contribution is -2.41. The van der Waals surface area contributed by atoms with E-state index in [1.165, 1.54) is 7.11 Å². The number of rotatable bonds is 3. The van der Waals surface area contributed by atoms with Crippen LogP contribution < -0.4 is 10.6 Å². The standard InChI is InChI=1S/C21H22N4O4/c1-28-21(27)23-16-10-8-15(9-11-16)22-20(26)25-12-4-5-14(13-25)19-24-17-6-2-3-7-18(17)29-19/h2-3,6-11,14H,4-5,12-13H2,1H3,(H,22,26)(H,23,27). The molecule has 1 unspecified atom stereocenters. The van der Waals surface area contributed by atoms with Crippen molar-refractivity contribution in [3.63, 3.8) is 0 Å². The van der Waals surface area contributed by atoms with Crippen molar-refractivity contribution in [2.45, 2.75) is 18.8 Å². The monoisotopic (exact) mass is 394 g/mol. The van der Waals surface area contributed by atoms with Gasteiger partial charge in [-0.15, -0.1) is 0 Å². The SMILES string of the molecule is COC(=O)Nc1ccc(NC(=O)N2CCCC(c3nc4ccccc4o3)C2)cc1. The predicted molar refractivity (Wildman–Crippen MR) is 109 cm³/mol. The second kappa shape index (κ2) is 8.22. The lowest BCUT2D eigenvalue weighted by Gasteiger charge is -2.31. The third-order valence-corrected chi connectivity index (χ3v) is 4.94. The number of methoxy groups -OCH3 is 1. The van der Waals surface area contributed by atoms with Gasteiger partial charge in [0.05, 0.1) is 13.0 Å². The van der Waals surface area contributed by atoms with E-state index in [0.29, 0.717) is 30.4 Å². The molecule has 1 aliphatic heterocycles. The summed E-state index contributed by atoms with van der Waals surface area (Å²) in [5, 5.41) is 5.47. The molecule has 2 heterocycles. The zero-order chi connectivity index (χ0) is 20.2. The third kappa shape index (κ3) is 4.31. The Balaban J connectivity index is 1.39. The minimum atomic E-state index is -0.541. The van der Waals surface area contributed by atoms with Gasteiger partial charge >= 0.3 is 12.1 Å². The first kappa shape index (κ1) is 18.8. The highest BCUT2D eigenvalue weighted by atomic mass is 16.5. The molecule has 1 fully saturated rings. The van der Waals surface area contributed by atoms with Crippen LogP contribution in [0.15, 0.2) is 52.9 Å². The number of urea groups is 1. The molecule has 8 nitrogen and oxygen atoms in total. The van der Waals surface area contributed by atoms with Crippen molar-refractivity contribution in [1.29, 1.82) is 0 Å². The number of carbonyl (C=O) groups excluding carboxylic acids is 2. The number of hydrogen-bond donors (Lipinski definition) is 2. The number of nitrogens with zero attached hydrogens (tertiary/aromatic N) is 2. The molecule has 4 rings (SSSR count). The number of nitrogens with one attached hydrogen (secondary N) is 2. The lowest BCUT2D eigenvalue weighted by atomic mass is 9.98. The fraction of sp³-hybridized carbons (Fsp3) is 0.286. The van der Waals surface area contributed by atoms with Crippen LogP contribution >= 0.6 is 0 Å². The van der Waals surface area contributed by atoms with Crippen LogP contribution in [-0.2, 0) is 4.74 Å². The van der Waals surface area contributed by atoms with Crippen LogP contribution in [0.5, 0.6) is 0 Å². The molecular weight excluding hydrogens is 372 g/mol. The molecule has 2 N–H and O–H groups in total. The van der Waals surface area contributed by atoms with E-state index in [1.807, 2.05) is 24.3 Å². The molecule has 2 aromatic carbocycles. The predicted octanol–water partition coefficient (Wildman–Crippen LogP) is 4.42. The molecule has 1 aromatic heterocycles. The molecule has 1 saturated heterocycles. The first-order valence-electron chi connectivity index (χ1n) is 9.49. The van der Waals surface area contributed by atoms with Gasteiger partial charge in [0.15, 0.2) is 11.5 Å². The number of piperidine rings is 1. The molecular formula is C21H22N4O4. The molecule has 8 heteroatoms. The van der Waals surface area contributed by atoms with Gasteiger partial charge < -0.3 is 19.4 Å². The molecule has 150 valence electrons. The van der Waals surface area contributed by atoms with Crippen molar-refractivity contribution in [2.75, 3.05) is 30.8 Å². The van der Waals surface area contributed by atoms with Crippen LogP contribution in [0.1, 0.15) is 24.7 Å². The minimum absolute atomic E-state index is 0.0773. The molecule has 1 aliphatic rings. The van der Waals surface area contributed by atoms with Crippen LogP contribution in [0.3, 0.4) is 0 Å². The number of oxazole rings is 1. The average molecular weight is 394 g/mol. The van der Waals surface area contributed by atoms with Gasteiger partial charge in [-0.2, -0.15) is 0 Å². The summed E-state index contributed by atoms with van der Waals surface area (Å²) in [4.78, 5) is 30.3. The summed E-state index contributed by atoms with van der Waals surface area (Å²) in [6.07, 6.45) is 1.28. The van der Waals surface area contributed by atoms with Crippen LogP contribution in [-0.4, -0.2) is 42.2 Å². The van der Waals surface area contributed by atoms with Gasteiger partial charge in [-0.25, -0.2) is 14.6 Å². The van der Waals surface area contributed by atoms with Gasteiger partial charge in [0.1, 0.15) is 5.52 Å². The molecule has 0 radical (unpaired) electrons. The maximum Gasteiger partial charge on any atom is 0.411 e. The summed E-state index contributed by atoms with van der Waals surface area (Å²) in [7, 11) is 1.30. The Hall–Kier alpha value is -3.55. The number of anilines is 2. The number of ether oxygens (including phenoxy) is 1. The fourth-order valence-corrected chi connectivity index (χ4v) is 3.44. The van der Waals surface area contributed by atoms with Crippen molar-refractivity contribution in [3.8, 4) is 0 Å². The number of hydrogen-bond acceptors (Lipinski definition) is 5. The zero-order valence-corrected chi connectivity index (χ0v) is 16.1. The van der Waals surface area contributed by atoms with Crippen molar-refractivity contribution in [2.24, 2.45) is 0 Å². The van der Waals surface area contributed by atoms with E-state index >= 15 is 0 Å². The molecule has 3 amide bonds. The Labute approximate surface area is 167 Å². The van der Waals surface area contributed by atoms with E-state index in [1.54, 1.807) is 29.2 Å². The van der Waals surface area contributed by atoms with Crippen LogP contribution in [0, 0.1) is 0 Å². The van der Waals surface area contributed by atoms with Gasteiger partial charge in [0.2, 0.25) is 0 Å². The normalized spacial score (nSPS) is 16.4. The largest absolute Gasteiger partial charge is 0.453 e. The maximum absolute atomic E-state index is 12.7. The van der Waals surface area contributed by atoms with Gasteiger partial charge in [-0.05, 0) is 49.2 Å². The smallest absolute Gasteiger partial charge is 0.411 e. The Kier molecular flexibility index (Phi) is 5.33. The number of aromatic nitrogens is 1. The van der Waals surface area contributed by atoms with Crippen molar-refractivity contribution >= 4 is 34.6 Å². The Morgan fingerprint density at radius 1 is 1.10 bits per heavy atom. The summed E-state index contributed by atoms with van der Waals surface area (Å²) >= 11 is 0. The summed E-state index contributed by atoms with van der Waals surface area (Å²) in [6.45, 7) is 1.24. The third-order valence-electron chi connectivity index (χ3n) is 4.94. The van der Waals surface area contributed by atoms with E-state index in [0.717, 1.165) is 23.9 Å². The maximum atomic E-state index is 12.7. The quantitative estimate of drug-likeness (QED) is 0.685. The highest BCUT2D eigenvalue weighted by Crippen LogP contribution is 2.29. The van der Waals surface area contributed by atoms with Gasteiger partial charge in [0, 0.05) is 24.5 Å². The Bertz CT molecular complexity index is 982. The number of benzene rings is 2. The fourth-order valence-electron chi connectivity index (χ4n) is 3.44. The van der Waals surface area contributed by atoms with E-state index in [-0.39, 0.29) is 11.9 Å². The molecule has 0 aliphatic carbocycles.